The van der Waals surface area contributed by atoms with Gasteiger partial charge in [0.1, 0.15) is 6.10 Å². The average molecular weight is 408 g/mol. The van der Waals surface area contributed by atoms with E-state index in [2.05, 4.69) is 31.9 Å². The molecule has 1 unspecified atom stereocenters. The quantitative estimate of drug-likeness (QED) is 0.817. The van der Waals surface area contributed by atoms with Gasteiger partial charge in [0.05, 0.1) is 14.2 Å². The number of hydrogen-bond donors (Lipinski definition) is 1. The first-order chi connectivity index (χ1) is 9.08. The fraction of sp³-hybridized carbons (Fsp3) is 0.231. The largest absolute Gasteiger partial charge is 0.493 e. The number of methoxy groups -OCH3 is 2. The Morgan fingerprint density at radius 1 is 1.00 bits per heavy atom. The molecule has 1 N–H and O–H groups in total. The summed E-state index contributed by atoms with van der Waals surface area (Å²) in [5.74, 6) is 1.21. The Morgan fingerprint density at radius 2 is 1.63 bits per heavy atom. The standard InChI is InChI=1S/C13H12Br2O3S/c1-17-11-3-7(9(14)4-12(11)18-2)13(16)8-5-19-6-10(8)15/h3-6,13,16H,1-2H3. The number of aliphatic hydroxyl groups excluding tert-OH is 1. The minimum Gasteiger partial charge on any atom is -0.493 e. The van der Waals surface area contributed by atoms with Crippen LogP contribution < -0.4 is 9.47 Å². The van der Waals surface area contributed by atoms with E-state index in [9.17, 15) is 5.11 Å². The fourth-order valence-electron chi connectivity index (χ4n) is 1.73. The molecule has 0 spiro atoms. The lowest BCUT2D eigenvalue weighted by Gasteiger charge is -2.16. The molecule has 0 aliphatic rings. The maximum absolute atomic E-state index is 10.5. The van der Waals surface area contributed by atoms with Crippen molar-refractivity contribution in [1.82, 2.24) is 0 Å². The molecule has 6 heteroatoms. The minimum atomic E-state index is -0.727. The van der Waals surface area contributed by atoms with Gasteiger partial charge in [-0.25, -0.2) is 0 Å². The summed E-state index contributed by atoms with van der Waals surface area (Å²) in [4.78, 5) is 0. The van der Waals surface area contributed by atoms with Crippen LogP contribution in [0.3, 0.4) is 0 Å². The summed E-state index contributed by atoms with van der Waals surface area (Å²) in [6, 6.07) is 3.56. The van der Waals surface area contributed by atoms with Gasteiger partial charge in [-0.1, -0.05) is 15.9 Å². The molecule has 0 saturated heterocycles. The molecule has 1 atom stereocenters. The van der Waals surface area contributed by atoms with Crippen molar-refractivity contribution in [3.63, 3.8) is 0 Å². The van der Waals surface area contributed by atoms with Crippen LogP contribution in [-0.4, -0.2) is 19.3 Å². The lowest BCUT2D eigenvalue weighted by atomic mass is 10.0. The van der Waals surface area contributed by atoms with Gasteiger partial charge < -0.3 is 14.6 Å². The van der Waals surface area contributed by atoms with Crippen LogP contribution in [0.1, 0.15) is 17.2 Å². The van der Waals surface area contributed by atoms with Crippen LogP contribution in [0.4, 0.5) is 0 Å². The van der Waals surface area contributed by atoms with Crippen molar-refractivity contribution in [3.8, 4) is 11.5 Å². The summed E-state index contributed by atoms with van der Waals surface area (Å²) in [6.07, 6.45) is -0.727. The molecule has 0 radical (unpaired) electrons. The molecule has 0 saturated carbocycles. The van der Waals surface area contributed by atoms with Crippen molar-refractivity contribution < 1.29 is 14.6 Å². The summed E-state index contributed by atoms with van der Waals surface area (Å²) in [5.41, 5.74) is 1.56. The predicted molar refractivity (Wildman–Crippen MR) is 83.3 cm³/mol. The number of benzene rings is 1. The predicted octanol–water partition coefficient (Wildman–Crippen LogP) is 4.37. The molecular weight excluding hydrogens is 396 g/mol. The Bertz CT molecular complexity index is 583. The fourth-order valence-corrected chi connectivity index (χ4v) is 3.81. The first kappa shape index (κ1) is 14.8. The molecule has 19 heavy (non-hydrogen) atoms. The summed E-state index contributed by atoms with van der Waals surface area (Å²) >= 11 is 8.42. The second-order valence-electron chi connectivity index (χ2n) is 3.81. The molecule has 1 heterocycles. The molecule has 1 aromatic heterocycles. The van der Waals surface area contributed by atoms with Gasteiger partial charge >= 0.3 is 0 Å². The van der Waals surface area contributed by atoms with E-state index in [1.54, 1.807) is 26.4 Å². The van der Waals surface area contributed by atoms with Crippen LogP contribution in [-0.2, 0) is 0 Å². The number of rotatable bonds is 4. The molecule has 1 aromatic carbocycles. The van der Waals surface area contributed by atoms with Crippen LogP contribution in [0.2, 0.25) is 0 Å². The smallest absolute Gasteiger partial charge is 0.161 e. The second-order valence-corrected chi connectivity index (χ2v) is 6.26. The monoisotopic (exact) mass is 406 g/mol. The SMILES string of the molecule is COc1cc(Br)c(C(O)c2cscc2Br)cc1OC. The van der Waals surface area contributed by atoms with Gasteiger partial charge in [-0.3, -0.25) is 0 Å². The zero-order valence-electron chi connectivity index (χ0n) is 10.3. The van der Waals surface area contributed by atoms with Crippen molar-refractivity contribution in [2.45, 2.75) is 6.10 Å². The highest BCUT2D eigenvalue weighted by Crippen LogP contribution is 2.40. The highest BCUT2D eigenvalue weighted by atomic mass is 79.9. The van der Waals surface area contributed by atoms with Gasteiger partial charge in [-0.15, -0.1) is 0 Å². The number of thiophene rings is 1. The summed E-state index contributed by atoms with van der Waals surface area (Å²) in [7, 11) is 3.15. The van der Waals surface area contributed by atoms with Gasteiger partial charge in [0, 0.05) is 25.5 Å². The number of halogens is 2. The van der Waals surface area contributed by atoms with Gasteiger partial charge in [0.15, 0.2) is 11.5 Å². The second kappa shape index (κ2) is 6.26. The minimum absolute atomic E-state index is 0.589. The highest BCUT2D eigenvalue weighted by Gasteiger charge is 2.20. The van der Waals surface area contributed by atoms with E-state index in [1.807, 2.05) is 10.8 Å². The van der Waals surface area contributed by atoms with Crippen molar-refractivity contribution in [2.24, 2.45) is 0 Å². The van der Waals surface area contributed by atoms with E-state index in [0.29, 0.717) is 11.5 Å². The average Bonchev–Trinajstić information content (AvgIpc) is 2.83. The third-order valence-electron chi connectivity index (χ3n) is 2.73. The van der Waals surface area contributed by atoms with Crippen LogP contribution in [0.25, 0.3) is 0 Å². The lowest BCUT2D eigenvalue weighted by molar-refractivity contribution is 0.218. The lowest BCUT2D eigenvalue weighted by Crippen LogP contribution is -2.02. The molecule has 102 valence electrons. The molecule has 2 aromatic rings. The van der Waals surface area contributed by atoms with Crippen LogP contribution in [0, 0.1) is 0 Å². The maximum Gasteiger partial charge on any atom is 0.161 e. The molecule has 0 bridgehead atoms. The normalized spacial score (nSPS) is 12.3. The van der Waals surface area contributed by atoms with Gasteiger partial charge in [0.2, 0.25) is 0 Å². The zero-order chi connectivity index (χ0) is 14.0. The number of ether oxygens (including phenoxy) is 2. The van der Waals surface area contributed by atoms with Gasteiger partial charge in [-0.05, 0) is 33.4 Å². The van der Waals surface area contributed by atoms with Crippen molar-refractivity contribution in [1.29, 1.82) is 0 Å². The molecular formula is C13H12Br2O3S. The third-order valence-corrected chi connectivity index (χ3v) is 5.17. The van der Waals surface area contributed by atoms with Gasteiger partial charge in [0.25, 0.3) is 0 Å². The number of hydrogen-bond acceptors (Lipinski definition) is 4. The summed E-state index contributed by atoms with van der Waals surface area (Å²) in [6.45, 7) is 0. The van der Waals surface area contributed by atoms with Crippen LogP contribution >= 0.6 is 43.2 Å². The Morgan fingerprint density at radius 3 is 2.16 bits per heavy atom. The number of aliphatic hydroxyl groups is 1. The van der Waals surface area contributed by atoms with Crippen molar-refractivity contribution in [3.05, 3.63) is 43.0 Å². The maximum atomic E-state index is 10.5. The molecule has 0 aliphatic heterocycles. The molecule has 0 aliphatic carbocycles. The van der Waals surface area contributed by atoms with Crippen LogP contribution in [0.15, 0.2) is 31.8 Å². The molecule has 0 amide bonds. The molecule has 2 rings (SSSR count). The van der Waals surface area contributed by atoms with E-state index in [1.165, 1.54) is 11.3 Å². The van der Waals surface area contributed by atoms with Crippen molar-refractivity contribution >= 4 is 43.2 Å². The van der Waals surface area contributed by atoms with E-state index >= 15 is 0 Å². The van der Waals surface area contributed by atoms with Crippen molar-refractivity contribution in [2.75, 3.05) is 14.2 Å². The Hall–Kier alpha value is -0.560. The van der Waals surface area contributed by atoms with E-state index < -0.39 is 6.10 Å². The molecule has 0 fully saturated rings. The first-order valence-electron chi connectivity index (χ1n) is 5.39. The third kappa shape index (κ3) is 2.97. The Labute approximate surface area is 132 Å². The molecule has 3 nitrogen and oxygen atoms in total. The van der Waals surface area contributed by atoms with Crippen LogP contribution in [0.5, 0.6) is 11.5 Å². The Kier molecular flexibility index (Phi) is 4.89. The van der Waals surface area contributed by atoms with E-state index in [4.69, 9.17) is 9.47 Å². The Balaban J connectivity index is 2.48. The first-order valence-corrected chi connectivity index (χ1v) is 7.92. The topological polar surface area (TPSA) is 38.7 Å². The van der Waals surface area contributed by atoms with Gasteiger partial charge in [-0.2, -0.15) is 11.3 Å². The van der Waals surface area contributed by atoms with E-state index in [0.717, 1.165) is 20.1 Å². The zero-order valence-corrected chi connectivity index (χ0v) is 14.3. The highest BCUT2D eigenvalue weighted by molar-refractivity contribution is 9.10. The van der Waals surface area contributed by atoms with E-state index in [-0.39, 0.29) is 0 Å². The summed E-state index contributed by atoms with van der Waals surface area (Å²) < 4.78 is 12.2. The summed E-state index contributed by atoms with van der Waals surface area (Å²) in [5, 5.41) is 14.3.